The number of carbonyl (C=O) groups is 1. The average Bonchev–Trinajstić information content (AvgIpc) is 3.01. The van der Waals surface area contributed by atoms with Gasteiger partial charge < -0.3 is 15.0 Å². The molecule has 0 radical (unpaired) electrons. The van der Waals surface area contributed by atoms with E-state index in [1.54, 1.807) is 19.2 Å². The maximum atomic E-state index is 13.8. The van der Waals surface area contributed by atoms with Crippen LogP contribution in [-0.2, 0) is 13.1 Å². The summed E-state index contributed by atoms with van der Waals surface area (Å²) in [7, 11) is 1.61. The Kier molecular flexibility index (Phi) is 8.76. The highest BCUT2D eigenvalue weighted by atomic mass is 35.5. The van der Waals surface area contributed by atoms with E-state index in [1.165, 1.54) is 5.56 Å². The van der Waals surface area contributed by atoms with Crippen LogP contribution in [0.2, 0.25) is 5.02 Å². The second-order valence-corrected chi connectivity index (χ2v) is 10.1. The van der Waals surface area contributed by atoms with Gasteiger partial charge in [-0.15, -0.1) is 0 Å². The molecule has 1 aromatic heterocycles. The van der Waals surface area contributed by atoms with Crippen LogP contribution in [0.3, 0.4) is 0 Å². The molecule has 0 fully saturated rings. The molecule has 6 nitrogen and oxygen atoms in total. The number of amides is 1. The predicted molar refractivity (Wildman–Crippen MR) is 157 cm³/mol. The Morgan fingerprint density at radius 1 is 0.949 bits per heavy atom. The molecule has 5 rings (SSSR count). The van der Waals surface area contributed by atoms with E-state index < -0.39 is 0 Å². The molecule has 39 heavy (non-hydrogen) atoms. The summed E-state index contributed by atoms with van der Waals surface area (Å²) in [6.07, 6.45) is 2.81. The van der Waals surface area contributed by atoms with Crippen LogP contribution >= 0.6 is 11.6 Å². The molecule has 0 saturated carbocycles. The molecular formula is C32H33ClN4O2. The van der Waals surface area contributed by atoms with Crippen LogP contribution in [0.5, 0.6) is 5.88 Å². The van der Waals surface area contributed by atoms with E-state index in [2.05, 4.69) is 57.7 Å². The van der Waals surface area contributed by atoms with Crippen LogP contribution in [0.25, 0.3) is 11.1 Å². The van der Waals surface area contributed by atoms with Crippen LogP contribution in [-0.4, -0.2) is 54.0 Å². The number of carbonyl (C=O) groups excluding carboxylic acids is 1. The Hall–Kier alpha value is -3.87. The highest BCUT2D eigenvalue weighted by molar-refractivity contribution is 6.33. The fourth-order valence-corrected chi connectivity index (χ4v) is 5.13. The third-order valence-corrected chi connectivity index (χ3v) is 7.37. The molecule has 1 N–H and O–H groups in total. The van der Waals surface area contributed by atoms with Crippen LogP contribution in [0.4, 0.5) is 5.69 Å². The number of hydrogen-bond donors (Lipinski definition) is 1. The SMILES string of the molecule is COc1ccc(-c2ccc3c(c2)CN(C(=O)c2ccccc2Cl)CCN(Cc2ccccc2)CCCN3)cn1. The van der Waals surface area contributed by atoms with Crippen molar-refractivity contribution in [1.82, 2.24) is 14.8 Å². The Labute approximate surface area is 235 Å². The third kappa shape index (κ3) is 6.77. The van der Waals surface area contributed by atoms with Gasteiger partial charge in [0, 0.05) is 62.8 Å². The van der Waals surface area contributed by atoms with Gasteiger partial charge in [0.2, 0.25) is 5.88 Å². The first-order valence-corrected chi connectivity index (χ1v) is 13.7. The molecule has 1 amide bonds. The molecule has 0 bridgehead atoms. The summed E-state index contributed by atoms with van der Waals surface area (Å²) in [5, 5.41) is 4.09. The van der Waals surface area contributed by atoms with Gasteiger partial charge in [0.1, 0.15) is 0 Å². The smallest absolute Gasteiger partial charge is 0.255 e. The zero-order chi connectivity index (χ0) is 27.0. The quantitative estimate of drug-likeness (QED) is 0.319. The van der Waals surface area contributed by atoms with Crippen molar-refractivity contribution in [3.05, 3.63) is 113 Å². The highest BCUT2D eigenvalue weighted by Gasteiger charge is 2.22. The highest BCUT2D eigenvalue weighted by Crippen LogP contribution is 2.28. The lowest BCUT2D eigenvalue weighted by Gasteiger charge is -2.28. The van der Waals surface area contributed by atoms with Crippen molar-refractivity contribution in [1.29, 1.82) is 0 Å². The normalized spacial score (nSPS) is 14.6. The van der Waals surface area contributed by atoms with Gasteiger partial charge in [0.15, 0.2) is 0 Å². The first kappa shape index (κ1) is 26.7. The molecule has 0 unspecified atom stereocenters. The molecule has 0 saturated heterocycles. The van der Waals surface area contributed by atoms with E-state index in [1.807, 2.05) is 41.4 Å². The van der Waals surface area contributed by atoms with Gasteiger partial charge in [0.05, 0.1) is 17.7 Å². The maximum Gasteiger partial charge on any atom is 0.255 e. The van der Waals surface area contributed by atoms with E-state index in [4.69, 9.17) is 16.3 Å². The summed E-state index contributed by atoms with van der Waals surface area (Å²) >= 11 is 6.47. The fraction of sp³-hybridized carbons (Fsp3) is 0.250. The number of anilines is 1. The standard InChI is InChI=1S/C32H33ClN4O2/c1-39-31-15-13-26(21-35-31)25-12-14-30-27(20-25)23-37(32(38)28-10-5-6-11-29(28)33)19-18-36(17-7-16-34-30)22-24-8-3-2-4-9-24/h2-6,8-15,20-21,34H,7,16-19,22-23H2,1H3. The summed E-state index contributed by atoms with van der Waals surface area (Å²) in [4.78, 5) is 22.6. The maximum absolute atomic E-state index is 13.8. The number of pyridine rings is 1. The predicted octanol–water partition coefficient (Wildman–Crippen LogP) is 6.37. The molecule has 1 aliphatic rings. The minimum Gasteiger partial charge on any atom is -0.481 e. The van der Waals surface area contributed by atoms with Crippen molar-refractivity contribution in [2.75, 3.05) is 38.6 Å². The molecule has 7 heteroatoms. The minimum atomic E-state index is -0.0676. The number of rotatable bonds is 5. The van der Waals surface area contributed by atoms with Gasteiger partial charge in [-0.2, -0.15) is 0 Å². The second-order valence-electron chi connectivity index (χ2n) is 9.71. The molecule has 2 heterocycles. The number of nitrogens with one attached hydrogen (secondary N) is 1. The molecule has 0 aliphatic carbocycles. The lowest BCUT2D eigenvalue weighted by Crippen LogP contribution is -2.38. The number of aromatic nitrogens is 1. The van der Waals surface area contributed by atoms with Gasteiger partial charge in [-0.25, -0.2) is 4.98 Å². The Morgan fingerprint density at radius 3 is 2.51 bits per heavy atom. The monoisotopic (exact) mass is 540 g/mol. The lowest BCUT2D eigenvalue weighted by molar-refractivity contribution is 0.0720. The summed E-state index contributed by atoms with van der Waals surface area (Å²) in [5.41, 5.74) is 5.91. The largest absolute Gasteiger partial charge is 0.481 e. The van der Waals surface area contributed by atoms with Crippen molar-refractivity contribution in [2.24, 2.45) is 0 Å². The summed E-state index contributed by atoms with van der Waals surface area (Å²) in [5.74, 6) is 0.509. The number of nitrogens with zero attached hydrogens (tertiary/aromatic N) is 3. The zero-order valence-electron chi connectivity index (χ0n) is 22.1. The van der Waals surface area contributed by atoms with Crippen LogP contribution in [0.1, 0.15) is 27.9 Å². The molecule has 1 aliphatic heterocycles. The topological polar surface area (TPSA) is 57.7 Å². The number of benzene rings is 3. The molecule has 4 aromatic rings. The molecule has 0 atom stereocenters. The van der Waals surface area contributed by atoms with Crippen LogP contribution < -0.4 is 10.1 Å². The lowest BCUT2D eigenvalue weighted by atomic mass is 10.0. The van der Waals surface area contributed by atoms with Gasteiger partial charge in [-0.3, -0.25) is 9.69 Å². The Balaban J connectivity index is 1.46. The van der Waals surface area contributed by atoms with Gasteiger partial charge in [-0.1, -0.05) is 60.1 Å². The van der Waals surface area contributed by atoms with E-state index in [0.717, 1.165) is 55.0 Å². The van der Waals surface area contributed by atoms with Crippen LogP contribution in [0.15, 0.2) is 91.1 Å². The van der Waals surface area contributed by atoms with E-state index >= 15 is 0 Å². The van der Waals surface area contributed by atoms with Gasteiger partial charge in [-0.05, 0) is 53.4 Å². The number of ether oxygens (including phenoxy) is 1. The van der Waals surface area contributed by atoms with Crippen LogP contribution in [0, 0.1) is 0 Å². The van der Waals surface area contributed by atoms with Crippen molar-refractivity contribution < 1.29 is 9.53 Å². The number of halogens is 1. The first-order chi connectivity index (χ1) is 19.1. The Bertz CT molecular complexity index is 1400. The summed E-state index contributed by atoms with van der Waals surface area (Å²) in [6, 6.07) is 28.0. The van der Waals surface area contributed by atoms with Crippen molar-refractivity contribution in [2.45, 2.75) is 19.5 Å². The van der Waals surface area contributed by atoms with Crippen molar-refractivity contribution >= 4 is 23.2 Å². The summed E-state index contributed by atoms with van der Waals surface area (Å²) < 4.78 is 5.22. The Morgan fingerprint density at radius 2 is 1.74 bits per heavy atom. The zero-order valence-corrected chi connectivity index (χ0v) is 22.9. The van der Waals surface area contributed by atoms with E-state index in [-0.39, 0.29) is 5.91 Å². The second kappa shape index (κ2) is 12.8. The molecule has 200 valence electrons. The fourth-order valence-electron chi connectivity index (χ4n) is 4.91. The van der Waals surface area contributed by atoms with E-state index in [9.17, 15) is 4.79 Å². The number of fused-ring (bicyclic) bond motifs is 1. The van der Waals surface area contributed by atoms with Crippen molar-refractivity contribution in [3.8, 4) is 17.0 Å². The molecule has 3 aromatic carbocycles. The van der Waals surface area contributed by atoms with Gasteiger partial charge >= 0.3 is 0 Å². The molecular weight excluding hydrogens is 508 g/mol. The molecule has 0 spiro atoms. The minimum absolute atomic E-state index is 0.0676. The third-order valence-electron chi connectivity index (χ3n) is 7.04. The van der Waals surface area contributed by atoms with Gasteiger partial charge in [0.25, 0.3) is 5.91 Å². The average molecular weight is 541 g/mol. The van der Waals surface area contributed by atoms with Crippen molar-refractivity contribution in [3.63, 3.8) is 0 Å². The number of methoxy groups -OCH3 is 1. The first-order valence-electron chi connectivity index (χ1n) is 13.3. The van der Waals surface area contributed by atoms with E-state index in [0.29, 0.717) is 29.6 Å². The number of hydrogen-bond acceptors (Lipinski definition) is 5. The summed E-state index contributed by atoms with van der Waals surface area (Å²) in [6.45, 7) is 4.44.